The minimum Gasteiger partial charge on any atom is -0.550 e. The molecule has 0 aromatic heterocycles. The van der Waals surface area contributed by atoms with Crippen LogP contribution in [-0.4, -0.2) is 36.5 Å². The number of carbonyl (C=O) groups is 2. The third kappa shape index (κ3) is 21.9. The van der Waals surface area contributed by atoms with Gasteiger partial charge in [-0.25, -0.2) is 0 Å². The number of nitrogens with zero attached hydrogens (tertiary/aromatic N) is 1. The quantitative estimate of drug-likeness (QED) is 0.219. The van der Waals surface area contributed by atoms with Crippen molar-refractivity contribution in [2.45, 2.75) is 96.8 Å². The molecule has 0 saturated carbocycles. The monoisotopic (exact) mass is 378 g/mol. The first kappa shape index (κ1) is 28.1. The third-order valence-electron chi connectivity index (χ3n) is 4.59. The molecule has 0 aromatic rings. The maximum absolute atomic E-state index is 10.6. The number of hydrogen-bond acceptors (Lipinski definition) is 5. The zero-order valence-electron chi connectivity index (χ0n) is 17.1. The Hall–Kier alpha value is -0.100. The molecule has 0 rings (SSSR count). The van der Waals surface area contributed by atoms with E-state index in [0.717, 1.165) is 19.4 Å². The van der Waals surface area contributed by atoms with Crippen LogP contribution < -0.4 is 39.8 Å². The van der Waals surface area contributed by atoms with Gasteiger partial charge in [-0.15, -0.1) is 0 Å². The topological polar surface area (TPSA) is 83.5 Å². The van der Waals surface area contributed by atoms with E-state index < -0.39 is 11.9 Å². The zero-order chi connectivity index (χ0) is 18.8. The third-order valence-corrected chi connectivity index (χ3v) is 4.59. The number of carboxylic acids is 2. The standard InChI is InChI=1S/C20H39NO4.Na/c1-2-3-4-5-6-7-8-9-10-11-12-13-16-21(17-14-19(22)23)18-15-20(24)25;/h2-18H2,1H3,(H,22,23)(H,24,25);/q;+1/p-2. The summed E-state index contributed by atoms with van der Waals surface area (Å²) in [5.74, 6) is -2.18. The Morgan fingerprint density at radius 2 is 0.962 bits per heavy atom. The van der Waals surface area contributed by atoms with Gasteiger partial charge in [-0.1, -0.05) is 77.6 Å². The van der Waals surface area contributed by atoms with Gasteiger partial charge in [0, 0.05) is 25.0 Å². The first-order chi connectivity index (χ1) is 12.1. The molecule has 0 aliphatic rings. The number of rotatable bonds is 19. The van der Waals surface area contributed by atoms with Gasteiger partial charge in [0.2, 0.25) is 0 Å². The fourth-order valence-electron chi connectivity index (χ4n) is 3.01. The van der Waals surface area contributed by atoms with Crippen LogP contribution >= 0.6 is 0 Å². The van der Waals surface area contributed by atoms with Crippen molar-refractivity contribution < 1.29 is 49.4 Å². The van der Waals surface area contributed by atoms with Gasteiger partial charge < -0.3 is 24.7 Å². The molecule has 0 fully saturated rings. The fourth-order valence-corrected chi connectivity index (χ4v) is 3.01. The van der Waals surface area contributed by atoms with Gasteiger partial charge in [-0.2, -0.15) is 0 Å². The van der Waals surface area contributed by atoms with Crippen LogP contribution in [0.5, 0.6) is 0 Å². The summed E-state index contributed by atoms with van der Waals surface area (Å²) in [6.07, 6.45) is 15.2. The molecule has 0 saturated heterocycles. The number of carbonyl (C=O) groups excluding carboxylic acids is 2. The molecule has 0 amide bonds. The zero-order valence-corrected chi connectivity index (χ0v) is 19.1. The van der Waals surface area contributed by atoms with Crippen molar-refractivity contribution in [1.29, 1.82) is 0 Å². The van der Waals surface area contributed by atoms with E-state index in [-0.39, 0.29) is 42.4 Å². The van der Waals surface area contributed by atoms with E-state index in [4.69, 9.17) is 0 Å². The first-order valence-corrected chi connectivity index (χ1v) is 10.2. The molecule has 0 unspecified atom stereocenters. The molecule has 5 nitrogen and oxygen atoms in total. The number of hydrogen-bond donors (Lipinski definition) is 0. The van der Waals surface area contributed by atoms with Gasteiger partial charge in [0.15, 0.2) is 0 Å². The van der Waals surface area contributed by atoms with Crippen molar-refractivity contribution in [3.63, 3.8) is 0 Å². The summed E-state index contributed by atoms with van der Waals surface area (Å²) in [5.41, 5.74) is 0. The van der Waals surface area contributed by atoms with Gasteiger partial charge in [-0.3, -0.25) is 0 Å². The Morgan fingerprint density at radius 1 is 0.615 bits per heavy atom. The Balaban J connectivity index is 0. The molecule has 26 heavy (non-hydrogen) atoms. The number of unbranched alkanes of at least 4 members (excludes halogenated alkanes) is 11. The number of carboxylic acid groups (broad SMARTS) is 2. The van der Waals surface area contributed by atoms with Crippen molar-refractivity contribution in [2.24, 2.45) is 0 Å². The van der Waals surface area contributed by atoms with Crippen LogP contribution in [0.4, 0.5) is 0 Å². The first-order valence-electron chi connectivity index (χ1n) is 10.2. The summed E-state index contributed by atoms with van der Waals surface area (Å²) in [4.78, 5) is 23.0. The Bertz CT molecular complexity index is 322. The van der Waals surface area contributed by atoms with Crippen LogP contribution in [0.3, 0.4) is 0 Å². The van der Waals surface area contributed by atoms with Gasteiger partial charge in [0.1, 0.15) is 0 Å². The molecular formula is C20H37NNaO4-. The molecule has 0 atom stereocenters. The Morgan fingerprint density at radius 3 is 1.31 bits per heavy atom. The maximum atomic E-state index is 10.6. The molecule has 0 aliphatic carbocycles. The van der Waals surface area contributed by atoms with Gasteiger partial charge in [0.25, 0.3) is 0 Å². The molecule has 0 heterocycles. The van der Waals surface area contributed by atoms with Crippen molar-refractivity contribution in [3.8, 4) is 0 Å². The maximum Gasteiger partial charge on any atom is 1.00 e. The number of aliphatic carboxylic acids is 2. The fraction of sp³-hybridized carbons (Fsp3) is 0.900. The van der Waals surface area contributed by atoms with Crippen LogP contribution in [0.25, 0.3) is 0 Å². The summed E-state index contributed by atoms with van der Waals surface area (Å²) in [6.45, 7) is 3.70. The minimum atomic E-state index is -1.09. The van der Waals surface area contributed by atoms with Crippen LogP contribution in [-0.2, 0) is 9.59 Å². The van der Waals surface area contributed by atoms with E-state index in [1.807, 2.05) is 4.90 Å². The van der Waals surface area contributed by atoms with Crippen molar-refractivity contribution >= 4 is 11.9 Å². The van der Waals surface area contributed by atoms with Crippen LogP contribution in [0.15, 0.2) is 0 Å². The second kappa shape index (κ2) is 21.2. The van der Waals surface area contributed by atoms with E-state index in [2.05, 4.69) is 6.92 Å². The molecule has 6 heteroatoms. The van der Waals surface area contributed by atoms with Gasteiger partial charge in [-0.05, 0) is 25.8 Å². The second-order valence-electron chi connectivity index (χ2n) is 6.97. The SMILES string of the molecule is CCCCCCCCCCCCCCN(CCC(=O)[O-])CCC(=O)[O-].[Na+]. The van der Waals surface area contributed by atoms with Crippen LogP contribution in [0, 0.1) is 0 Å². The van der Waals surface area contributed by atoms with Gasteiger partial charge >= 0.3 is 29.6 Å². The molecule has 0 aliphatic heterocycles. The van der Waals surface area contributed by atoms with Crippen LogP contribution in [0.1, 0.15) is 96.8 Å². The largest absolute Gasteiger partial charge is 1.00 e. The Labute approximate surface area is 182 Å². The predicted octanol–water partition coefficient (Wildman–Crippen LogP) is -0.726. The summed E-state index contributed by atoms with van der Waals surface area (Å²) in [5, 5.41) is 21.1. The summed E-state index contributed by atoms with van der Waals surface area (Å²) < 4.78 is 0. The smallest absolute Gasteiger partial charge is 0.550 e. The average molecular weight is 379 g/mol. The summed E-state index contributed by atoms with van der Waals surface area (Å²) >= 11 is 0. The molecule has 0 aromatic carbocycles. The molecule has 148 valence electrons. The second-order valence-corrected chi connectivity index (χ2v) is 6.97. The molecule has 0 bridgehead atoms. The summed E-state index contributed by atoms with van der Waals surface area (Å²) in [6, 6.07) is 0. The normalized spacial score (nSPS) is 10.7. The van der Waals surface area contributed by atoms with Gasteiger partial charge in [0.05, 0.1) is 0 Å². The summed E-state index contributed by atoms with van der Waals surface area (Å²) in [7, 11) is 0. The van der Waals surface area contributed by atoms with E-state index in [1.165, 1.54) is 64.2 Å². The van der Waals surface area contributed by atoms with Crippen molar-refractivity contribution in [3.05, 3.63) is 0 Å². The van der Waals surface area contributed by atoms with E-state index >= 15 is 0 Å². The van der Waals surface area contributed by atoms with Crippen LogP contribution in [0.2, 0.25) is 0 Å². The average Bonchev–Trinajstić information content (AvgIpc) is 2.57. The molecule has 0 radical (unpaired) electrons. The molecule has 0 spiro atoms. The predicted molar refractivity (Wildman–Crippen MR) is 96.8 cm³/mol. The van der Waals surface area contributed by atoms with E-state index in [0.29, 0.717) is 13.1 Å². The molecule has 0 N–H and O–H groups in total. The minimum absolute atomic E-state index is 0. The Kier molecular flexibility index (Phi) is 22.9. The van der Waals surface area contributed by atoms with Crippen molar-refractivity contribution in [1.82, 2.24) is 4.90 Å². The molecular weight excluding hydrogens is 341 g/mol. The van der Waals surface area contributed by atoms with Crippen molar-refractivity contribution in [2.75, 3.05) is 19.6 Å². The van der Waals surface area contributed by atoms with E-state index in [9.17, 15) is 19.8 Å². The van der Waals surface area contributed by atoms with E-state index in [1.54, 1.807) is 0 Å².